The summed E-state index contributed by atoms with van der Waals surface area (Å²) in [6.07, 6.45) is 7.98. The van der Waals surface area contributed by atoms with Gasteiger partial charge in [-0.3, -0.25) is 9.79 Å². The quantitative estimate of drug-likeness (QED) is 0.836. The first-order valence-electron chi connectivity index (χ1n) is 8.17. The van der Waals surface area contributed by atoms with Crippen LogP contribution in [-0.4, -0.2) is 24.7 Å². The van der Waals surface area contributed by atoms with Gasteiger partial charge < -0.3 is 9.47 Å². The smallest absolute Gasteiger partial charge is 0.163 e. The van der Waals surface area contributed by atoms with Crippen molar-refractivity contribution < 1.29 is 14.3 Å². The van der Waals surface area contributed by atoms with Gasteiger partial charge in [0.15, 0.2) is 11.5 Å². The van der Waals surface area contributed by atoms with E-state index < -0.39 is 0 Å². The van der Waals surface area contributed by atoms with Crippen molar-refractivity contribution in [3.05, 3.63) is 18.2 Å². The second-order valence-corrected chi connectivity index (χ2v) is 6.11. The van der Waals surface area contributed by atoms with Crippen molar-refractivity contribution in [1.29, 1.82) is 0 Å². The van der Waals surface area contributed by atoms with Crippen LogP contribution in [-0.2, 0) is 4.79 Å². The molecule has 22 heavy (non-hydrogen) atoms. The first-order chi connectivity index (χ1) is 10.7. The number of methoxy groups -OCH3 is 1. The third kappa shape index (κ3) is 3.67. The Kier molecular flexibility index (Phi) is 4.76. The van der Waals surface area contributed by atoms with Crippen LogP contribution in [0.5, 0.6) is 11.5 Å². The molecule has 2 aliphatic carbocycles. The van der Waals surface area contributed by atoms with Crippen LogP contribution in [0.4, 0.5) is 5.69 Å². The summed E-state index contributed by atoms with van der Waals surface area (Å²) >= 11 is 0. The molecule has 4 heteroatoms. The summed E-state index contributed by atoms with van der Waals surface area (Å²) in [6.45, 7) is 0. The van der Waals surface area contributed by atoms with Gasteiger partial charge in [-0.2, -0.15) is 0 Å². The molecule has 0 bridgehead atoms. The van der Waals surface area contributed by atoms with Gasteiger partial charge in [0.2, 0.25) is 0 Å². The molecule has 0 atom stereocenters. The Bertz CT molecular complexity index is 574. The van der Waals surface area contributed by atoms with Crippen molar-refractivity contribution in [1.82, 2.24) is 0 Å². The number of carbonyl (C=O) groups is 1. The molecular weight excluding hydrogens is 278 g/mol. The number of rotatable bonds is 4. The molecule has 2 fully saturated rings. The highest BCUT2D eigenvalue weighted by molar-refractivity contribution is 6.04. The van der Waals surface area contributed by atoms with E-state index in [-0.39, 0.29) is 6.10 Å². The minimum Gasteiger partial charge on any atom is -0.493 e. The topological polar surface area (TPSA) is 47.9 Å². The summed E-state index contributed by atoms with van der Waals surface area (Å²) in [6, 6.07) is 5.75. The number of ether oxygens (including phenoxy) is 2. The monoisotopic (exact) mass is 301 g/mol. The molecule has 2 saturated carbocycles. The van der Waals surface area contributed by atoms with Crippen LogP contribution in [0.15, 0.2) is 23.2 Å². The Labute approximate surface area is 131 Å². The maximum absolute atomic E-state index is 11.5. The molecule has 4 nitrogen and oxygen atoms in total. The molecule has 0 unspecified atom stereocenters. The van der Waals surface area contributed by atoms with Crippen LogP contribution in [0, 0.1) is 0 Å². The third-order valence-corrected chi connectivity index (χ3v) is 4.35. The van der Waals surface area contributed by atoms with Crippen LogP contribution in [0.1, 0.15) is 51.4 Å². The lowest BCUT2D eigenvalue weighted by atomic mass is 9.97. The molecule has 0 aromatic heterocycles. The van der Waals surface area contributed by atoms with Crippen molar-refractivity contribution in [3.63, 3.8) is 0 Å². The highest BCUT2D eigenvalue weighted by Crippen LogP contribution is 2.35. The van der Waals surface area contributed by atoms with Gasteiger partial charge >= 0.3 is 0 Å². The average Bonchev–Trinajstić information content (AvgIpc) is 3.01. The van der Waals surface area contributed by atoms with Gasteiger partial charge in [-0.05, 0) is 50.7 Å². The molecule has 0 radical (unpaired) electrons. The standard InChI is InChI=1S/C18H23NO3/c1-21-17-10-9-14(19-13-5-4-6-15(20)11-13)12-18(17)22-16-7-2-3-8-16/h9-10,12,16H,2-8,11H2,1H3. The Morgan fingerprint density at radius 1 is 1.09 bits per heavy atom. The molecule has 1 aromatic rings. The van der Waals surface area contributed by atoms with Gasteiger partial charge in [-0.25, -0.2) is 0 Å². The fourth-order valence-corrected chi connectivity index (χ4v) is 3.18. The zero-order valence-corrected chi connectivity index (χ0v) is 13.1. The van der Waals surface area contributed by atoms with Crippen molar-refractivity contribution >= 4 is 17.2 Å². The van der Waals surface area contributed by atoms with Gasteiger partial charge in [-0.15, -0.1) is 0 Å². The number of aliphatic imine (C=N–C) groups is 1. The van der Waals surface area contributed by atoms with Crippen molar-refractivity contribution in [3.8, 4) is 11.5 Å². The van der Waals surface area contributed by atoms with E-state index in [1.807, 2.05) is 18.2 Å². The maximum Gasteiger partial charge on any atom is 0.163 e. The van der Waals surface area contributed by atoms with E-state index in [0.717, 1.165) is 48.6 Å². The lowest BCUT2D eigenvalue weighted by Crippen LogP contribution is -2.14. The highest BCUT2D eigenvalue weighted by atomic mass is 16.5. The second kappa shape index (κ2) is 6.95. The van der Waals surface area contributed by atoms with Crippen molar-refractivity contribution in [2.75, 3.05) is 7.11 Å². The number of ketones is 1. The molecule has 1 aromatic carbocycles. The molecular formula is C18H23NO3. The lowest BCUT2D eigenvalue weighted by molar-refractivity contribution is -0.118. The number of hydrogen-bond acceptors (Lipinski definition) is 4. The Balaban J connectivity index is 1.79. The van der Waals surface area contributed by atoms with Gasteiger partial charge in [0, 0.05) is 24.6 Å². The molecule has 3 rings (SSSR count). The van der Waals surface area contributed by atoms with E-state index in [1.165, 1.54) is 12.8 Å². The van der Waals surface area contributed by atoms with E-state index >= 15 is 0 Å². The lowest BCUT2D eigenvalue weighted by Gasteiger charge is -2.17. The number of nitrogens with zero attached hydrogens (tertiary/aromatic N) is 1. The number of Topliss-reactive ketones (excluding diaryl/α,β-unsaturated/α-hetero) is 1. The zero-order valence-electron chi connectivity index (χ0n) is 13.1. The Morgan fingerprint density at radius 3 is 2.64 bits per heavy atom. The fourth-order valence-electron chi connectivity index (χ4n) is 3.18. The first-order valence-corrected chi connectivity index (χ1v) is 8.17. The van der Waals surface area contributed by atoms with E-state index in [0.29, 0.717) is 18.6 Å². The predicted molar refractivity (Wildman–Crippen MR) is 86.4 cm³/mol. The van der Waals surface area contributed by atoms with Crippen molar-refractivity contribution in [2.45, 2.75) is 57.5 Å². The summed E-state index contributed by atoms with van der Waals surface area (Å²) in [7, 11) is 1.65. The minimum absolute atomic E-state index is 0.285. The third-order valence-electron chi connectivity index (χ3n) is 4.35. The molecule has 0 spiro atoms. The molecule has 118 valence electrons. The molecule has 0 saturated heterocycles. The average molecular weight is 301 g/mol. The second-order valence-electron chi connectivity index (χ2n) is 6.11. The SMILES string of the molecule is COc1ccc(N=C2CCCC(=O)C2)cc1OC1CCCC1. The highest BCUT2D eigenvalue weighted by Gasteiger charge is 2.19. The van der Waals surface area contributed by atoms with E-state index in [2.05, 4.69) is 4.99 Å². The van der Waals surface area contributed by atoms with Crippen LogP contribution in [0.2, 0.25) is 0 Å². The van der Waals surface area contributed by atoms with E-state index in [4.69, 9.17) is 9.47 Å². The summed E-state index contributed by atoms with van der Waals surface area (Å²) in [5.74, 6) is 1.80. The Morgan fingerprint density at radius 2 is 1.91 bits per heavy atom. The van der Waals surface area contributed by atoms with Gasteiger partial charge in [0.05, 0.1) is 18.9 Å². The summed E-state index contributed by atoms with van der Waals surface area (Å²) in [5, 5.41) is 0. The van der Waals surface area contributed by atoms with Crippen LogP contribution in [0.3, 0.4) is 0 Å². The molecule has 0 heterocycles. The normalized spacial score (nSPS) is 21.3. The molecule has 0 aliphatic heterocycles. The van der Waals surface area contributed by atoms with Crippen LogP contribution < -0.4 is 9.47 Å². The van der Waals surface area contributed by atoms with Crippen LogP contribution in [0.25, 0.3) is 0 Å². The van der Waals surface area contributed by atoms with Gasteiger partial charge in [-0.1, -0.05) is 0 Å². The van der Waals surface area contributed by atoms with Gasteiger partial charge in [0.25, 0.3) is 0 Å². The maximum atomic E-state index is 11.5. The zero-order chi connectivity index (χ0) is 15.4. The number of hydrogen-bond donors (Lipinski definition) is 0. The first kappa shape index (κ1) is 15.1. The summed E-state index contributed by atoms with van der Waals surface area (Å²) < 4.78 is 11.5. The summed E-state index contributed by atoms with van der Waals surface area (Å²) in [5.41, 5.74) is 1.83. The summed E-state index contributed by atoms with van der Waals surface area (Å²) in [4.78, 5) is 16.2. The van der Waals surface area contributed by atoms with Crippen LogP contribution >= 0.6 is 0 Å². The minimum atomic E-state index is 0.285. The van der Waals surface area contributed by atoms with E-state index in [1.54, 1.807) is 7.11 Å². The number of benzene rings is 1. The van der Waals surface area contributed by atoms with Crippen molar-refractivity contribution in [2.24, 2.45) is 4.99 Å². The fraction of sp³-hybridized carbons (Fsp3) is 0.556. The van der Waals surface area contributed by atoms with E-state index in [9.17, 15) is 4.79 Å². The molecule has 0 N–H and O–H groups in total. The molecule has 2 aliphatic rings. The Hall–Kier alpha value is -1.84. The van der Waals surface area contributed by atoms with Gasteiger partial charge in [0.1, 0.15) is 5.78 Å². The predicted octanol–water partition coefficient (Wildman–Crippen LogP) is 4.23. The number of carbonyl (C=O) groups excluding carboxylic acids is 1. The largest absolute Gasteiger partial charge is 0.493 e. The molecule has 0 amide bonds.